The van der Waals surface area contributed by atoms with E-state index in [0.717, 1.165) is 5.56 Å². The molecule has 0 fully saturated rings. The van der Waals surface area contributed by atoms with Crippen molar-refractivity contribution in [3.63, 3.8) is 0 Å². The number of hydrogen-bond acceptors (Lipinski definition) is 5. The topological polar surface area (TPSA) is 85.1 Å². The Morgan fingerprint density at radius 1 is 1.08 bits per heavy atom. The summed E-state index contributed by atoms with van der Waals surface area (Å²) in [5.41, 5.74) is 2.16. The van der Waals surface area contributed by atoms with Gasteiger partial charge in [0.1, 0.15) is 0 Å². The molecule has 1 aromatic heterocycles. The highest BCUT2D eigenvalue weighted by Crippen LogP contribution is 2.35. The van der Waals surface area contributed by atoms with Crippen molar-refractivity contribution >= 4 is 35.1 Å². The van der Waals surface area contributed by atoms with Crippen molar-refractivity contribution in [2.75, 3.05) is 5.32 Å². The predicted octanol–water partition coefficient (Wildman–Crippen LogP) is 4.87. The molecule has 0 spiro atoms. The molecule has 2 aromatic carbocycles. The zero-order valence-corrected chi connectivity index (χ0v) is 13.6. The van der Waals surface area contributed by atoms with E-state index in [1.807, 2.05) is 18.2 Å². The maximum absolute atomic E-state index is 11.5. The number of carbonyl (C=O) groups excluding carboxylic acids is 1. The van der Waals surface area contributed by atoms with E-state index in [1.165, 1.54) is 18.3 Å². The summed E-state index contributed by atoms with van der Waals surface area (Å²) in [6.45, 7) is 0. The number of pyridine rings is 1. The smallest absolute Gasteiger partial charge is 0.311 e. The zero-order chi connectivity index (χ0) is 17.8. The molecule has 0 aliphatic carbocycles. The molecule has 25 heavy (non-hydrogen) atoms. The molecule has 0 atom stereocenters. The molecule has 1 N–H and O–H groups in total. The molecule has 1 heterocycles. The number of hydrogen-bond donors (Lipinski definition) is 1. The first-order chi connectivity index (χ1) is 12.1. The van der Waals surface area contributed by atoms with Crippen molar-refractivity contribution in [2.24, 2.45) is 0 Å². The molecule has 0 aliphatic rings. The normalized spacial score (nSPS) is 10.3. The van der Waals surface area contributed by atoms with Gasteiger partial charge in [0.15, 0.2) is 6.29 Å². The first kappa shape index (κ1) is 16.6. The van der Waals surface area contributed by atoms with Gasteiger partial charge >= 0.3 is 5.69 Å². The number of benzene rings is 2. The van der Waals surface area contributed by atoms with Crippen LogP contribution in [-0.2, 0) is 0 Å². The third-order valence-electron chi connectivity index (χ3n) is 3.61. The summed E-state index contributed by atoms with van der Waals surface area (Å²) in [6, 6.07) is 15.1. The van der Waals surface area contributed by atoms with Crippen LogP contribution in [0.1, 0.15) is 10.4 Å². The minimum absolute atomic E-state index is 0.0667. The summed E-state index contributed by atoms with van der Waals surface area (Å²) in [7, 11) is 0. The SMILES string of the molecule is O=Cc1cccc(-c2ccc(Cl)cc2)c1Nc1ncccc1[N+](=O)[O-]. The summed E-state index contributed by atoms with van der Waals surface area (Å²) >= 11 is 5.93. The minimum Gasteiger partial charge on any atom is -0.333 e. The van der Waals surface area contributed by atoms with E-state index in [0.29, 0.717) is 28.1 Å². The highest BCUT2D eigenvalue weighted by atomic mass is 35.5. The second kappa shape index (κ2) is 7.11. The molecule has 0 unspecified atom stereocenters. The third-order valence-corrected chi connectivity index (χ3v) is 3.86. The van der Waals surface area contributed by atoms with E-state index in [4.69, 9.17) is 11.6 Å². The number of carbonyl (C=O) groups is 1. The Labute approximate surface area is 148 Å². The van der Waals surface area contributed by atoms with Gasteiger partial charge in [0.25, 0.3) is 0 Å². The number of anilines is 2. The number of halogens is 1. The van der Waals surface area contributed by atoms with Crippen LogP contribution < -0.4 is 5.32 Å². The second-order valence-electron chi connectivity index (χ2n) is 5.15. The molecule has 0 amide bonds. The average molecular weight is 354 g/mol. The van der Waals surface area contributed by atoms with Crippen molar-refractivity contribution in [2.45, 2.75) is 0 Å². The van der Waals surface area contributed by atoms with Crippen molar-refractivity contribution in [1.29, 1.82) is 0 Å². The molecule has 3 rings (SSSR count). The van der Waals surface area contributed by atoms with Gasteiger partial charge in [-0.2, -0.15) is 0 Å². The van der Waals surface area contributed by atoms with Crippen LogP contribution in [-0.4, -0.2) is 16.2 Å². The van der Waals surface area contributed by atoms with Crippen molar-refractivity contribution in [3.05, 3.63) is 81.5 Å². The number of para-hydroxylation sites is 1. The van der Waals surface area contributed by atoms with E-state index in [-0.39, 0.29) is 11.5 Å². The molecule has 6 nitrogen and oxygen atoms in total. The molecule has 0 saturated carbocycles. The molecule has 7 heteroatoms. The van der Waals surface area contributed by atoms with Gasteiger partial charge in [-0.25, -0.2) is 4.98 Å². The predicted molar refractivity (Wildman–Crippen MR) is 96.4 cm³/mol. The summed E-state index contributed by atoms with van der Waals surface area (Å²) < 4.78 is 0. The Morgan fingerprint density at radius 3 is 2.52 bits per heavy atom. The van der Waals surface area contributed by atoms with Crippen LogP contribution in [0.2, 0.25) is 5.02 Å². The average Bonchev–Trinajstić information content (AvgIpc) is 2.63. The third kappa shape index (κ3) is 3.49. The number of nitrogens with one attached hydrogen (secondary N) is 1. The lowest BCUT2D eigenvalue weighted by molar-refractivity contribution is -0.384. The minimum atomic E-state index is -0.527. The van der Waals surface area contributed by atoms with Gasteiger partial charge in [-0.1, -0.05) is 35.9 Å². The zero-order valence-electron chi connectivity index (χ0n) is 12.8. The monoisotopic (exact) mass is 353 g/mol. The molecule has 0 aliphatic heterocycles. The standard InChI is InChI=1S/C18H12ClN3O3/c19-14-8-6-12(7-9-14)15-4-1-3-13(11-23)17(15)21-18-16(22(24)25)5-2-10-20-18/h1-11H,(H,20,21). The number of rotatable bonds is 5. The Bertz CT molecular complexity index is 943. The number of aromatic nitrogens is 1. The van der Waals surface area contributed by atoms with Crippen molar-refractivity contribution in [1.82, 2.24) is 4.98 Å². The first-order valence-corrected chi connectivity index (χ1v) is 7.68. The maximum atomic E-state index is 11.5. The van der Waals surface area contributed by atoms with E-state index in [2.05, 4.69) is 10.3 Å². The van der Waals surface area contributed by atoms with Crippen LogP contribution in [0.15, 0.2) is 60.8 Å². The van der Waals surface area contributed by atoms with Crippen LogP contribution in [0.25, 0.3) is 11.1 Å². The van der Waals surface area contributed by atoms with Gasteiger partial charge in [-0.15, -0.1) is 0 Å². The fraction of sp³-hybridized carbons (Fsp3) is 0. The first-order valence-electron chi connectivity index (χ1n) is 7.30. The molecule has 0 radical (unpaired) electrons. The highest BCUT2D eigenvalue weighted by Gasteiger charge is 2.18. The lowest BCUT2D eigenvalue weighted by atomic mass is 10.0. The highest BCUT2D eigenvalue weighted by molar-refractivity contribution is 6.30. The number of aldehydes is 1. The van der Waals surface area contributed by atoms with E-state index < -0.39 is 4.92 Å². The van der Waals surface area contributed by atoms with Gasteiger partial charge in [-0.05, 0) is 29.8 Å². The van der Waals surface area contributed by atoms with Gasteiger partial charge in [-0.3, -0.25) is 14.9 Å². The molecule has 0 bridgehead atoms. The summed E-state index contributed by atoms with van der Waals surface area (Å²) in [5.74, 6) is 0.0667. The fourth-order valence-corrected chi connectivity index (χ4v) is 2.56. The largest absolute Gasteiger partial charge is 0.333 e. The second-order valence-corrected chi connectivity index (χ2v) is 5.58. The molecule has 0 saturated heterocycles. The Hall–Kier alpha value is -3.25. The Morgan fingerprint density at radius 2 is 1.84 bits per heavy atom. The fourth-order valence-electron chi connectivity index (χ4n) is 2.44. The van der Waals surface area contributed by atoms with Crippen molar-refractivity contribution < 1.29 is 9.72 Å². The molecule has 3 aromatic rings. The summed E-state index contributed by atoms with van der Waals surface area (Å²) in [6.07, 6.45) is 2.14. The van der Waals surface area contributed by atoms with E-state index in [9.17, 15) is 14.9 Å². The van der Waals surface area contributed by atoms with Gasteiger partial charge in [0, 0.05) is 28.4 Å². The summed E-state index contributed by atoms with van der Waals surface area (Å²) in [5, 5.41) is 14.7. The van der Waals surface area contributed by atoms with Crippen LogP contribution >= 0.6 is 11.6 Å². The van der Waals surface area contributed by atoms with Crippen LogP contribution in [0.3, 0.4) is 0 Å². The van der Waals surface area contributed by atoms with Crippen molar-refractivity contribution in [3.8, 4) is 11.1 Å². The number of nitro groups is 1. The van der Waals surface area contributed by atoms with Crippen LogP contribution in [0.5, 0.6) is 0 Å². The van der Waals surface area contributed by atoms with E-state index >= 15 is 0 Å². The quantitative estimate of drug-likeness (QED) is 0.402. The lowest BCUT2D eigenvalue weighted by Crippen LogP contribution is -2.03. The van der Waals surface area contributed by atoms with Crippen LogP contribution in [0, 0.1) is 10.1 Å². The van der Waals surface area contributed by atoms with E-state index in [1.54, 1.807) is 24.3 Å². The number of nitrogens with zero attached hydrogens (tertiary/aromatic N) is 2. The van der Waals surface area contributed by atoms with Gasteiger partial charge in [0.05, 0.1) is 10.6 Å². The van der Waals surface area contributed by atoms with Gasteiger partial charge < -0.3 is 5.32 Å². The van der Waals surface area contributed by atoms with Crippen LogP contribution in [0.4, 0.5) is 17.2 Å². The molecular weight excluding hydrogens is 342 g/mol. The molecule has 124 valence electrons. The summed E-state index contributed by atoms with van der Waals surface area (Å²) in [4.78, 5) is 26.2. The lowest BCUT2D eigenvalue weighted by Gasteiger charge is -2.14. The van der Waals surface area contributed by atoms with Gasteiger partial charge in [0.2, 0.25) is 5.82 Å². The Balaban J connectivity index is 2.14. The Kier molecular flexibility index (Phi) is 4.72. The maximum Gasteiger partial charge on any atom is 0.311 e. The molecular formula is C18H12ClN3O3.